The maximum atomic E-state index is 7.56. The Labute approximate surface area is 136 Å². The Balaban J connectivity index is 6.22. The summed E-state index contributed by atoms with van der Waals surface area (Å²) >= 11 is 7.56. The van der Waals surface area contributed by atoms with E-state index < -0.39 is 31.1 Å². The Bertz CT molecular complexity index is 324. The van der Waals surface area contributed by atoms with Gasteiger partial charge in [-0.15, -0.1) is 11.1 Å². The first-order chi connectivity index (χ1) is 8.58. The second kappa shape index (κ2) is 6.32. The molecule has 122 valence electrons. The third-order valence-corrected chi connectivity index (χ3v) is 35.2. The van der Waals surface area contributed by atoms with E-state index in [1.807, 2.05) is 0 Å². The van der Waals surface area contributed by atoms with Crippen molar-refractivity contribution in [2.75, 3.05) is 0 Å². The van der Waals surface area contributed by atoms with Gasteiger partial charge in [0.05, 0.1) is 15.7 Å². The average molecular weight is 369 g/mol. The highest BCUT2D eigenvalue weighted by Gasteiger charge is 2.65. The molecule has 0 saturated heterocycles. The molecule has 0 N–H and O–H groups in total. The second-order valence-electron chi connectivity index (χ2n) is 9.10. The predicted octanol–water partition coefficient (Wildman–Crippen LogP) is 6.37. The fourth-order valence-corrected chi connectivity index (χ4v) is 40.9. The number of rotatable bonds is 7. The Morgan fingerprint density at radius 1 is 0.800 bits per heavy atom. The first kappa shape index (κ1) is 21.1. The molecule has 1 unspecified atom stereocenters. The number of hydrogen-bond acceptors (Lipinski definition) is 1. The predicted molar refractivity (Wildman–Crippen MR) is 106 cm³/mol. The van der Waals surface area contributed by atoms with Gasteiger partial charge in [-0.25, -0.2) is 0 Å². The zero-order valence-corrected chi connectivity index (χ0v) is 20.5. The molecule has 0 aliphatic heterocycles. The van der Waals surface area contributed by atoms with Crippen LogP contribution in [0.1, 0.15) is 26.7 Å². The normalized spacial score (nSPS) is 18.0. The molecule has 0 fully saturated rings. The van der Waals surface area contributed by atoms with Gasteiger partial charge in [0.25, 0.3) is 7.14 Å². The lowest BCUT2D eigenvalue weighted by molar-refractivity contribution is 0.507. The van der Waals surface area contributed by atoms with Gasteiger partial charge in [0.2, 0.25) is 0 Å². The Kier molecular flexibility index (Phi) is 6.67. The van der Waals surface area contributed by atoms with E-state index in [1.165, 1.54) is 12.8 Å². The minimum Gasteiger partial charge on any atom is -0.447 e. The molecular weight excluding hydrogens is 332 g/mol. The summed E-state index contributed by atoms with van der Waals surface area (Å²) in [6.45, 7) is 26.4. The molecule has 0 heterocycles. The molecule has 0 aromatic rings. The zero-order chi connectivity index (χ0) is 16.6. The van der Waals surface area contributed by atoms with Crippen molar-refractivity contribution < 1.29 is 4.12 Å². The number of halogens is 1. The van der Waals surface area contributed by atoms with Crippen molar-refractivity contribution in [2.45, 2.75) is 90.3 Å². The topological polar surface area (TPSA) is 9.23 Å². The van der Waals surface area contributed by atoms with E-state index in [9.17, 15) is 0 Å². The minimum atomic E-state index is -2.27. The summed E-state index contributed by atoms with van der Waals surface area (Å²) in [5.41, 5.74) is 0. The highest BCUT2D eigenvalue weighted by molar-refractivity contribution is 7.60. The number of hydrogen-bond donors (Lipinski definition) is 0. The van der Waals surface area contributed by atoms with E-state index in [2.05, 4.69) is 72.8 Å². The lowest BCUT2D eigenvalue weighted by Crippen LogP contribution is -2.71. The molecule has 0 bridgehead atoms. The molecule has 0 aromatic heterocycles. The van der Waals surface area contributed by atoms with Gasteiger partial charge in [0, 0.05) is 0 Å². The van der Waals surface area contributed by atoms with Crippen molar-refractivity contribution in [3.8, 4) is 0 Å². The van der Waals surface area contributed by atoms with Crippen molar-refractivity contribution in [3.05, 3.63) is 0 Å². The van der Waals surface area contributed by atoms with E-state index in [0.717, 1.165) is 0 Å². The molecule has 0 radical (unpaired) electrons. The van der Waals surface area contributed by atoms with Gasteiger partial charge in [0.1, 0.15) is 0 Å². The van der Waals surface area contributed by atoms with Gasteiger partial charge in [-0.3, -0.25) is 0 Å². The van der Waals surface area contributed by atoms with Gasteiger partial charge in [-0.05, 0) is 24.3 Å². The van der Waals surface area contributed by atoms with E-state index in [1.54, 1.807) is 0 Å². The smallest absolute Gasteiger partial charge is 0.265 e. The summed E-state index contributed by atoms with van der Waals surface area (Å²) in [6.07, 6.45) is 2.37. The quantitative estimate of drug-likeness (QED) is 0.374. The van der Waals surface area contributed by atoms with Crippen LogP contribution in [0.2, 0.25) is 63.6 Å². The van der Waals surface area contributed by atoms with Crippen molar-refractivity contribution in [3.63, 3.8) is 0 Å². The van der Waals surface area contributed by atoms with Crippen LogP contribution in [0.25, 0.3) is 0 Å². The van der Waals surface area contributed by atoms with Crippen LogP contribution < -0.4 is 0 Å². The monoisotopic (exact) mass is 368 g/mol. The van der Waals surface area contributed by atoms with Crippen LogP contribution in [0.15, 0.2) is 0 Å². The highest BCUT2D eigenvalue weighted by atomic mass is 35.6. The van der Waals surface area contributed by atoms with Crippen LogP contribution in [-0.2, 0) is 4.12 Å². The van der Waals surface area contributed by atoms with Crippen molar-refractivity contribution in [2.24, 2.45) is 0 Å². The van der Waals surface area contributed by atoms with Gasteiger partial charge < -0.3 is 4.12 Å². The van der Waals surface area contributed by atoms with Crippen LogP contribution in [0.5, 0.6) is 0 Å². The van der Waals surface area contributed by atoms with Crippen molar-refractivity contribution in [1.29, 1.82) is 0 Å². The van der Waals surface area contributed by atoms with Gasteiger partial charge >= 0.3 is 0 Å². The Morgan fingerprint density at radius 2 is 1.15 bits per heavy atom. The third-order valence-electron chi connectivity index (χ3n) is 4.67. The molecule has 0 rings (SSSR count). The van der Waals surface area contributed by atoms with Crippen molar-refractivity contribution >= 4 is 42.2 Å². The molecule has 0 aromatic carbocycles. The fraction of sp³-hybridized carbons (Fsp3) is 1.00. The summed E-state index contributed by atoms with van der Waals surface area (Å²) in [5, 5.41) is 0. The summed E-state index contributed by atoms with van der Waals surface area (Å²) in [6, 6.07) is 0. The zero-order valence-electron chi connectivity index (χ0n) is 15.7. The molecule has 0 aliphatic carbocycles. The molecule has 0 saturated carbocycles. The molecule has 0 amide bonds. The average Bonchev–Trinajstić information content (AvgIpc) is 2.12. The van der Waals surface area contributed by atoms with Gasteiger partial charge in [0.15, 0.2) is 8.32 Å². The molecular formula is C14H37ClOSi4. The fourth-order valence-electron chi connectivity index (χ4n) is 3.64. The maximum absolute atomic E-state index is 7.56. The van der Waals surface area contributed by atoms with E-state index in [-0.39, 0.29) is 4.66 Å². The van der Waals surface area contributed by atoms with E-state index in [4.69, 9.17) is 15.2 Å². The van der Waals surface area contributed by atoms with Gasteiger partial charge in [-0.1, -0.05) is 66.0 Å². The molecule has 1 atom stereocenters. The molecule has 0 spiro atoms. The van der Waals surface area contributed by atoms with Crippen LogP contribution in [0.3, 0.4) is 0 Å². The van der Waals surface area contributed by atoms with E-state index in [0.29, 0.717) is 0 Å². The highest BCUT2D eigenvalue weighted by Crippen LogP contribution is 2.58. The Morgan fingerprint density at radius 3 is 1.30 bits per heavy atom. The summed E-state index contributed by atoms with van der Waals surface area (Å²) in [4.78, 5) is 0. The molecule has 0 aliphatic rings. The van der Waals surface area contributed by atoms with Crippen LogP contribution >= 0.6 is 11.1 Å². The SMILES string of the molecule is CCC(CC)([Si](C)(C)C)[Si](Cl)(O[Si](C)(C)C)[Si](C)(C)C. The maximum Gasteiger partial charge on any atom is 0.265 e. The Hall–Kier alpha value is 1.12. The summed E-state index contributed by atoms with van der Waals surface area (Å²) in [7, 11) is -6.88. The van der Waals surface area contributed by atoms with Crippen LogP contribution in [0, 0.1) is 0 Å². The molecule has 20 heavy (non-hydrogen) atoms. The van der Waals surface area contributed by atoms with Crippen LogP contribution in [-0.4, -0.2) is 31.1 Å². The lowest BCUT2D eigenvalue weighted by Gasteiger charge is -2.57. The summed E-state index contributed by atoms with van der Waals surface area (Å²) < 4.78 is 7.19. The van der Waals surface area contributed by atoms with Gasteiger partial charge in [-0.2, -0.15) is 0 Å². The molecule has 6 heteroatoms. The standard InChI is InChI=1S/C14H37ClOSi4/c1-12-14(13-2,17(3,4)5)20(15,19(9,10)11)16-18(6,7)8/h12-13H2,1-11H3. The van der Waals surface area contributed by atoms with E-state index >= 15 is 0 Å². The third kappa shape index (κ3) is 3.90. The van der Waals surface area contributed by atoms with Crippen LogP contribution in [0.4, 0.5) is 0 Å². The summed E-state index contributed by atoms with van der Waals surface area (Å²) in [5.74, 6) is 0. The second-order valence-corrected chi connectivity index (χ2v) is 35.9. The first-order valence-electron chi connectivity index (χ1n) is 7.97. The molecule has 1 nitrogen and oxygen atoms in total. The first-order valence-corrected chi connectivity index (χ1v) is 22.3. The van der Waals surface area contributed by atoms with Crippen molar-refractivity contribution in [1.82, 2.24) is 0 Å². The largest absolute Gasteiger partial charge is 0.447 e. The minimum absolute atomic E-state index is 0.284. The lowest BCUT2D eigenvalue weighted by atomic mass is 10.2.